The molecule has 5 heteroatoms. The normalized spacial score (nSPS) is 15.0. The van der Waals surface area contributed by atoms with E-state index >= 15 is 0 Å². The molecule has 4 nitrogen and oxygen atoms in total. The highest BCUT2D eigenvalue weighted by molar-refractivity contribution is 5.85. The zero-order chi connectivity index (χ0) is 25.1. The lowest BCUT2D eigenvalue weighted by atomic mass is 10.0. The van der Waals surface area contributed by atoms with Crippen molar-refractivity contribution in [2.75, 3.05) is 27.3 Å². The second-order valence-corrected chi connectivity index (χ2v) is 9.53. The fourth-order valence-electron chi connectivity index (χ4n) is 5.82. The number of hydrogen-bond donors (Lipinski definition) is 0. The van der Waals surface area contributed by atoms with Crippen LogP contribution in [0.2, 0.25) is 0 Å². The first-order valence-electron chi connectivity index (χ1n) is 13.0. The molecule has 4 aromatic rings. The van der Waals surface area contributed by atoms with Crippen molar-refractivity contribution < 1.29 is 13.9 Å². The van der Waals surface area contributed by atoms with E-state index in [9.17, 15) is 4.39 Å². The summed E-state index contributed by atoms with van der Waals surface area (Å²) in [6.45, 7) is 4.36. The minimum Gasteiger partial charge on any atom is -0.493 e. The van der Waals surface area contributed by atoms with Crippen LogP contribution in [0.5, 0.6) is 11.5 Å². The number of benzene rings is 3. The maximum Gasteiger partial charge on any atom is 0.164 e. The zero-order valence-corrected chi connectivity index (χ0v) is 21.5. The van der Waals surface area contributed by atoms with Crippen molar-refractivity contribution in [2.45, 2.75) is 45.1 Å². The molecule has 1 heterocycles. The van der Waals surface area contributed by atoms with Gasteiger partial charge in [0.05, 0.1) is 19.7 Å². The van der Waals surface area contributed by atoms with E-state index < -0.39 is 0 Å². The quantitative estimate of drug-likeness (QED) is 0.223. The van der Waals surface area contributed by atoms with Gasteiger partial charge in [0.2, 0.25) is 0 Å². The van der Waals surface area contributed by atoms with Gasteiger partial charge in [-0.05, 0) is 92.7 Å². The van der Waals surface area contributed by atoms with Crippen molar-refractivity contribution in [2.24, 2.45) is 0 Å². The number of hydrogen-bond acceptors (Lipinski definition) is 3. The third-order valence-electron chi connectivity index (χ3n) is 7.60. The van der Waals surface area contributed by atoms with Gasteiger partial charge in [0, 0.05) is 28.9 Å². The van der Waals surface area contributed by atoms with Gasteiger partial charge in [0.15, 0.2) is 11.5 Å². The number of ether oxygens (including phenoxy) is 2. The summed E-state index contributed by atoms with van der Waals surface area (Å²) in [4.78, 5) is 2.61. The van der Waals surface area contributed by atoms with Gasteiger partial charge in [-0.3, -0.25) is 4.90 Å². The highest BCUT2D eigenvalue weighted by Gasteiger charge is 2.30. The molecule has 0 fully saturated rings. The second-order valence-electron chi connectivity index (χ2n) is 9.53. The largest absolute Gasteiger partial charge is 0.493 e. The lowest BCUT2D eigenvalue weighted by Crippen LogP contribution is -2.28. The SMILES string of the molecule is CCN(CCCCc1cn(-c2ccc(F)cc2)c2ccccc12)[C@H]1CCc2c1ccc(OC)c2OC. The van der Waals surface area contributed by atoms with Gasteiger partial charge in [-0.15, -0.1) is 0 Å². The number of nitrogens with zero attached hydrogens (tertiary/aromatic N) is 2. The molecule has 0 amide bonds. The fraction of sp³-hybridized carbons (Fsp3) is 0.355. The van der Waals surface area contributed by atoms with Gasteiger partial charge < -0.3 is 14.0 Å². The molecular weight excluding hydrogens is 451 g/mol. The summed E-state index contributed by atoms with van der Waals surface area (Å²) in [6.07, 6.45) is 7.67. The van der Waals surface area contributed by atoms with Crippen LogP contribution in [0.4, 0.5) is 4.39 Å². The Morgan fingerprint density at radius 2 is 1.78 bits per heavy atom. The van der Waals surface area contributed by atoms with Gasteiger partial charge in [0.1, 0.15) is 5.82 Å². The monoisotopic (exact) mass is 486 g/mol. The molecule has 0 aliphatic heterocycles. The molecule has 3 aromatic carbocycles. The van der Waals surface area contributed by atoms with Gasteiger partial charge in [-0.25, -0.2) is 4.39 Å². The van der Waals surface area contributed by atoms with Crippen molar-refractivity contribution >= 4 is 10.9 Å². The number of unbranched alkanes of at least 4 members (excludes halogenated alkanes) is 1. The average Bonchev–Trinajstić information content (AvgIpc) is 3.51. The van der Waals surface area contributed by atoms with Crippen molar-refractivity contribution in [3.63, 3.8) is 0 Å². The van der Waals surface area contributed by atoms with Crippen LogP contribution in [-0.4, -0.2) is 36.8 Å². The predicted octanol–water partition coefficient (Wildman–Crippen LogP) is 7.12. The Balaban J connectivity index is 1.26. The van der Waals surface area contributed by atoms with E-state index in [0.29, 0.717) is 6.04 Å². The summed E-state index contributed by atoms with van der Waals surface area (Å²) in [5.74, 6) is 1.50. The van der Waals surface area contributed by atoms with Crippen LogP contribution in [0.3, 0.4) is 0 Å². The highest BCUT2D eigenvalue weighted by Crippen LogP contribution is 2.44. The van der Waals surface area contributed by atoms with Crippen LogP contribution in [0.1, 0.15) is 48.9 Å². The number of aromatic nitrogens is 1. The third-order valence-corrected chi connectivity index (χ3v) is 7.60. The number of halogens is 1. The van der Waals surface area contributed by atoms with Gasteiger partial charge >= 0.3 is 0 Å². The van der Waals surface area contributed by atoms with E-state index in [0.717, 1.165) is 62.4 Å². The van der Waals surface area contributed by atoms with Crippen LogP contribution in [-0.2, 0) is 12.8 Å². The zero-order valence-electron chi connectivity index (χ0n) is 21.5. The van der Waals surface area contributed by atoms with Crippen LogP contribution in [0.15, 0.2) is 66.9 Å². The first-order chi connectivity index (χ1) is 17.6. The molecular formula is C31H35FN2O2. The average molecular weight is 487 g/mol. The molecule has 5 rings (SSSR count). The molecule has 1 aliphatic rings. The Kier molecular flexibility index (Phi) is 7.28. The lowest BCUT2D eigenvalue weighted by molar-refractivity contribution is 0.203. The second kappa shape index (κ2) is 10.8. The first kappa shape index (κ1) is 24.4. The molecule has 1 atom stereocenters. The molecule has 0 N–H and O–H groups in total. The van der Waals surface area contributed by atoms with Crippen molar-refractivity contribution in [3.05, 3.63) is 89.4 Å². The van der Waals surface area contributed by atoms with Crippen LogP contribution < -0.4 is 9.47 Å². The summed E-state index contributed by atoms with van der Waals surface area (Å²) in [6, 6.07) is 19.9. The smallest absolute Gasteiger partial charge is 0.164 e. The number of para-hydroxylation sites is 1. The molecule has 0 spiro atoms. The molecule has 0 saturated carbocycles. The minimum absolute atomic E-state index is 0.210. The summed E-state index contributed by atoms with van der Waals surface area (Å²) in [7, 11) is 3.43. The van der Waals surface area contributed by atoms with E-state index in [1.54, 1.807) is 14.2 Å². The topological polar surface area (TPSA) is 26.6 Å². The molecule has 0 saturated heterocycles. The van der Waals surface area contributed by atoms with Gasteiger partial charge in [0.25, 0.3) is 0 Å². The van der Waals surface area contributed by atoms with Crippen molar-refractivity contribution in [3.8, 4) is 17.2 Å². The predicted molar refractivity (Wildman–Crippen MR) is 144 cm³/mol. The number of fused-ring (bicyclic) bond motifs is 2. The van der Waals surface area contributed by atoms with Gasteiger partial charge in [-0.2, -0.15) is 0 Å². The molecule has 188 valence electrons. The summed E-state index contributed by atoms with van der Waals surface area (Å²) in [5, 5.41) is 1.28. The number of methoxy groups -OCH3 is 2. The van der Waals surface area contributed by atoms with E-state index in [-0.39, 0.29) is 5.82 Å². The number of aryl methyl sites for hydroxylation is 1. The highest BCUT2D eigenvalue weighted by atomic mass is 19.1. The third kappa shape index (κ3) is 4.60. The molecule has 36 heavy (non-hydrogen) atoms. The van der Waals surface area contributed by atoms with Crippen molar-refractivity contribution in [1.82, 2.24) is 9.47 Å². The summed E-state index contributed by atoms with van der Waals surface area (Å²) < 4.78 is 26.9. The summed E-state index contributed by atoms with van der Waals surface area (Å²) >= 11 is 0. The molecule has 0 radical (unpaired) electrons. The Bertz CT molecular complexity index is 1330. The lowest BCUT2D eigenvalue weighted by Gasteiger charge is -2.28. The summed E-state index contributed by atoms with van der Waals surface area (Å²) in [5.41, 5.74) is 6.19. The van der Waals surface area contributed by atoms with E-state index in [1.807, 2.05) is 18.2 Å². The van der Waals surface area contributed by atoms with Crippen LogP contribution in [0, 0.1) is 5.82 Å². The van der Waals surface area contributed by atoms with E-state index in [4.69, 9.17) is 9.47 Å². The maximum atomic E-state index is 13.5. The van der Waals surface area contributed by atoms with E-state index in [2.05, 4.69) is 52.9 Å². The Morgan fingerprint density at radius 3 is 2.53 bits per heavy atom. The van der Waals surface area contributed by atoms with Gasteiger partial charge in [-0.1, -0.05) is 31.2 Å². The molecule has 1 aliphatic carbocycles. The standard InChI is InChI=1S/C31H35FN2O2/c1-4-33(28-18-16-27-26(28)17-19-30(35-2)31(27)36-3)20-8-7-9-22-21-34(24-14-12-23(32)13-15-24)29-11-6-5-10-25(22)29/h5-6,10-15,17,19,21,28H,4,7-9,16,18,20H2,1-3H3/t28-/m0/s1. The Hall–Kier alpha value is -3.31. The van der Waals surface area contributed by atoms with Crippen LogP contribution >= 0.6 is 0 Å². The molecule has 0 bridgehead atoms. The Labute approximate surface area is 213 Å². The maximum absolute atomic E-state index is 13.5. The van der Waals surface area contributed by atoms with Crippen LogP contribution in [0.25, 0.3) is 16.6 Å². The minimum atomic E-state index is -0.210. The number of rotatable bonds is 10. The van der Waals surface area contributed by atoms with E-state index in [1.165, 1.54) is 39.7 Å². The fourth-order valence-corrected chi connectivity index (χ4v) is 5.82. The van der Waals surface area contributed by atoms with Crippen molar-refractivity contribution in [1.29, 1.82) is 0 Å². The molecule has 0 unspecified atom stereocenters. The first-order valence-corrected chi connectivity index (χ1v) is 13.0. The Morgan fingerprint density at radius 1 is 0.972 bits per heavy atom. The molecule has 1 aromatic heterocycles.